The van der Waals surface area contributed by atoms with Crippen LogP contribution in [0.4, 0.5) is 0 Å². The fourth-order valence-electron chi connectivity index (χ4n) is 7.70. The quantitative estimate of drug-likeness (QED) is 0.0592. The number of carbonyl (C=O) groups excluding carboxylic acids is 5. The van der Waals surface area contributed by atoms with E-state index in [1.54, 1.807) is 63.8 Å². The normalized spacial score (nSPS) is 16.2. The van der Waals surface area contributed by atoms with Crippen LogP contribution in [0, 0.1) is 0 Å². The number of rotatable bonds is 8. The van der Waals surface area contributed by atoms with E-state index in [-0.39, 0.29) is 70.3 Å². The fraction of sp³-hybridized carbons (Fsp3) is 0.212. The summed E-state index contributed by atoms with van der Waals surface area (Å²) in [5, 5.41) is 12.1. The lowest BCUT2D eigenvalue weighted by molar-refractivity contribution is -0.120. The average molecular weight is 1010 g/mol. The maximum absolute atomic E-state index is 11.7. The zero-order valence-corrected chi connectivity index (χ0v) is 41.4. The van der Waals surface area contributed by atoms with Crippen molar-refractivity contribution in [1.29, 1.82) is 0 Å². The van der Waals surface area contributed by atoms with E-state index in [1.807, 2.05) is 97.1 Å². The standard InChI is InChI=1S/C18H17NO4.C17H16N2O4.C17H17NO3.3H2S/c1-22-18(21)14-7-8-15-10-19(12-20)11-17(23-16(15)9-14)13-5-3-2-4-6-13;20-11-19-9-14-7-6-13(17(21)18-22)8-15(14)23-16(10-19)12-4-2-1-3-5-12;1-20-17(19)13-7-8-14-10-18-11-16(21-15(14)9-13)12-5-3-2-4-6-12;;;/h2-9,12,17H,10-11H2,1H3;1-8,11,16,22H,9-10H2,(H,18,21);2-9,16,18H,10-11H2,1H3;3*1H2/t17-;2*16-;;;/m111.../s1. The molecule has 0 saturated carbocycles. The second kappa shape index (κ2) is 27.3. The van der Waals surface area contributed by atoms with Crippen LogP contribution in [0.3, 0.4) is 0 Å². The second-order valence-corrected chi connectivity index (χ2v) is 15.6. The third-order valence-corrected chi connectivity index (χ3v) is 11.2. The minimum Gasteiger partial charge on any atom is -0.484 e. The number of benzene rings is 6. The van der Waals surface area contributed by atoms with Crippen LogP contribution in [0.25, 0.3) is 0 Å². The second-order valence-electron chi connectivity index (χ2n) is 15.6. The van der Waals surface area contributed by atoms with E-state index < -0.39 is 11.9 Å². The first kappa shape index (κ1) is 55.6. The van der Waals surface area contributed by atoms with Crippen molar-refractivity contribution in [2.24, 2.45) is 0 Å². The monoisotopic (exact) mass is 1010 g/mol. The zero-order chi connectivity index (χ0) is 47.1. The number of hydroxylamine groups is 1. The van der Waals surface area contributed by atoms with E-state index in [0.29, 0.717) is 48.8 Å². The fourth-order valence-corrected chi connectivity index (χ4v) is 7.70. The Balaban J connectivity index is 0.000000224. The van der Waals surface area contributed by atoms with Gasteiger partial charge in [0.2, 0.25) is 12.8 Å². The predicted octanol–water partition coefficient (Wildman–Crippen LogP) is 7.50. The van der Waals surface area contributed by atoms with Crippen LogP contribution in [0.15, 0.2) is 146 Å². The topological polar surface area (TPSA) is 182 Å². The molecule has 0 spiro atoms. The van der Waals surface area contributed by atoms with Crippen LogP contribution in [-0.4, -0.2) is 79.5 Å². The summed E-state index contributed by atoms with van der Waals surface area (Å²) in [6, 6.07) is 44.8. The molecule has 0 radical (unpaired) electrons. The number of carbonyl (C=O) groups is 5. The molecule has 3 amide bonds. The molecule has 368 valence electrons. The summed E-state index contributed by atoms with van der Waals surface area (Å²) >= 11 is 0. The first-order valence-electron chi connectivity index (χ1n) is 21.4. The van der Waals surface area contributed by atoms with Gasteiger partial charge in [-0.3, -0.25) is 19.6 Å². The molecule has 0 bridgehead atoms. The highest BCUT2D eigenvalue weighted by atomic mass is 32.1. The molecule has 0 aromatic heterocycles. The summed E-state index contributed by atoms with van der Waals surface area (Å²) < 4.78 is 27.8. The summed E-state index contributed by atoms with van der Waals surface area (Å²) in [6.45, 7) is 3.18. The first-order chi connectivity index (χ1) is 32.7. The van der Waals surface area contributed by atoms with Gasteiger partial charge >= 0.3 is 11.9 Å². The lowest BCUT2D eigenvalue weighted by atomic mass is 10.1. The molecule has 3 aliphatic heterocycles. The molecule has 0 unspecified atom stereocenters. The number of ether oxygens (including phenoxy) is 5. The lowest BCUT2D eigenvalue weighted by Gasteiger charge is -2.20. The number of nitrogens with zero attached hydrogens (tertiary/aromatic N) is 2. The van der Waals surface area contributed by atoms with Gasteiger partial charge in [-0.2, -0.15) is 40.5 Å². The molecule has 70 heavy (non-hydrogen) atoms. The molecule has 0 aliphatic carbocycles. The van der Waals surface area contributed by atoms with Gasteiger partial charge in [0.1, 0.15) is 35.6 Å². The lowest BCUT2D eigenvalue weighted by Crippen LogP contribution is -2.26. The number of nitrogens with one attached hydrogen (secondary N) is 2. The number of hydrogen-bond donors (Lipinski definition) is 3. The van der Waals surface area contributed by atoms with E-state index in [2.05, 4.69) is 5.32 Å². The van der Waals surface area contributed by atoms with E-state index in [1.165, 1.54) is 14.2 Å². The molecule has 18 heteroatoms. The molecular formula is C52H56N4O11S3. The Bertz CT molecular complexity index is 2540. The van der Waals surface area contributed by atoms with Crippen molar-refractivity contribution in [3.05, 3.63) is 196 Å². The third-order valence-electron chi connectivity index (χ3n) is 11.2. The molecule has 15 nitrogen and oxygen atoms in total. The van der Waals surface area contributed by atoms with Gasteiger partial charge in [0.25, 0.3) is 5.91 Å². The van der Waals surface area contributed by atoms with E-state index in [9.17, 15) is 24.0 Å². The Labute approximate surface area is 427 Å². The summed E-state index contributed by atoms with van der Waals surface area (Å²) in [7, 11) is 2.72. The number of methoxy groups -OCH3 is 2. The van der Waals surface area contributed by atoms with E-state index in [0.717, 1.165) is 65.0 Å². The number of amides is 3. The third kappa shape index (κ3) is 14.3. The molecule has 6 aromatic carbocycles. The molecule has 3 heterocycles. The predicted molar refractivity (Wildman–Crippen MR) is 276 cm³/mol. The Kier molecular flexibility index (Phi) is 21.7. The first-order valence-corrected chi connectivity index (χ1v) is 21.4. The largest absolute Gasteiger partial charge is 0.484 e. The van der Waals surface area contributed by atoms with Crippen molar-refractivity contribution in [1.82, 2.24) is 20.6 Å². The van der Waals surface area contributed by atoms with Crippen molar-refractivity contribution in [2.45, 2.75) is 37.9 Å². The summed E-state index contributed by atoms with van der Waals surface area (Å²) in [6.07, 6.45) is 0.941. The van der Waals surface area contributed by atoms with Crippen LogP contribution < -0.4 is 25.0 Å². The molecule has 3 aliphatic rings. The van der Waals surface area contributed by atoms with Gasteiger partial charge < -0.3 is 38.8 Å². The SMILES string of the molecule is COC(=O)c1ccc2c(c1)O[C@@H](c1ccccc1)CN(C=O)C2.COC(=O)c1ccc2c(c1)O[C@@H](c1ccccc1)CNC2.O=CN1Cc2ccc(C(=O)NO)cc2O[C@@H](c2ccccc2)C1.S.S.S. The van der Waals surface area contributed by atoms with Gasteiger partial charge in [0, 0.05) is 48.4 Å². The van der Waals surface area contributed by atoms with Crippen molar-refractivity contribution in [3.63, 3.8) is 0 Å². The maximum atomic E-state index is 11.7. The van der Waals surface area contributed by atoms with Gasteiger partial charge in [-0.15, -0.1) is 0 Å². The Morgan fingerprint density at radius 1 is 0.557 bits per heavy atom. The minimum atomic E-state index is -0.607. The van der Waals surface area contributed by atoms with Gasteiger partial charge in [0.15, 0.2) is 0 Å². The maximum Gasteiger partial charge on any atom is 0.337 e. The van der Waals surface area contributed by atoms with Crippen LogP contribution >= 0.6 is 40.5 Å². The highest BCUT2D eigenvalue weighted by molar-refractivity contribution is 7.59. The Morgan fingerprint density at radius 3 is 1.34 bits per heavy atom. The van der Waals surface area contributed by atoms with Crippen molar-refractivity contribution in [3.8, 4) is 17.2 Å². The Morgan fingerprint density at radius 2 is 0.929 bits per heavy atom. The van der Waals surface area contributed by atoms with E-state index >= 15 is 0 Å². The van der Waals surface area contributed by atoms with Crippen molar-refractivity contribution in [2.75, 3.05) is 33.9 Å². The molecule has 3 N–H and O–H groups in total. The van der Waals surface area contributed by atoms with Crippen LogP contribution in [-0.2, 0) is 38.7 Å². The van der Waals surface area contributed by atoms with Crippen LogP contribution in [0.2, 0.25) is 0 Å². The van der Waals surface area contributed by atoms with Gasteiger partial charge in [-0.1, -0.05) is 109 Å². The molecular weight excluding hydrogens is 953 g/mol. The molecule has 0 fully saturated rings. The highest BCUT2D eigenvalue weighted by Gasteiger charge is 2.26. The van der Waals surface area contributed by atoms with Crippen molar-refractivity contribution < 1.29 is 52.9 Å². The van der Waals surface area contributed by atoms with Gasteiger partial charge in [-0.25, -0.2) is 15.1 Å². The number of esters is 2. The molecule has 0 saturated heterocycles. The average Bonchev–Trinajstić information content (AvgIpc) is 3.82. The molecule has 3 atom stereocenters. The smallest absolute Gasteiger partial charge is 0.337 e. The number of fused-ring (bicyclic) bond motifs is 3. The summed E-state index contributed by atoms with van der Waals surface area (Å²) in [4.78, 5) is 60.8. The van der Waals surface area contributed by atoms with E-state index in [4.69, 9.17) is 28.9 Å². The molecule has 9 rings (SSSR count). The van der Waals surface area contributed by atoms with Crippen LogP contribution in [0.5, 0.6) is 17.2 Å². The van der Waals surface area contributed by atoms with Gasteiger partial charge in [-0.05, 0) is 53.1 Å². The summed E-state index contributed by atoms with van der Waals surface area (Å²) in [5.74, 6) is 0.496. The Hall–Kier alpha value is -6.96. The van der Waals surface area contributed by atoms with Crippen molar-refractivity contribution >= 4 is 71.2 Å². The van der Waals surface area contributed by atoms with Crippen LogP contribution in [0.1, 0.15) is 82.8 Å². The molecule has 6 aromatic rings. The highest BCUT2D eigenvalue weighted by Crippen LogP contribution is 2.34. The number of hydrogen-bond acceptors (Lipinski definition) is 12. The summed E-state index contributed by atoms with van der Waals surface area (Å²) in [5.41, 5.74) is 8.59. The minimum absolute atomic E-state index is 0. The zero-order valence-electron chi connectivity index (χ0n) is 38.4. The van der Waals surface area contributed by atoms with Gasteiger partial charge in [0.05, 0.1) is 38.4 Å².